The van der Waals surface area contributed by atoms with Gasteiger partial charge in [-0.1, -0.05) is 42.4 Å². The molecule has 1 aliphatic carbocycles. The standard InChI is InChI=1S/C21H23FN2O3S2/c1-3-13-24-17(16(29-20(24)28)18(25)27-4-2)23-19(26)21(11-5-6-12-21)14-7-9-15(22)10-8-14/h3,7-10H,1,4-6,11-13H2,2H3,(H,23,26). The van der Waals surface area contributed by atoms with E-state index in [-0.39, 0.29) is 23.2 Å². The van der Waals surface area contributed by atoms with Gasteiger partial charge >= 0.3 is 5.97 Å². The maximum absolute atomic E-state index is 13.5. The molecule has 0 spiro atoms. The van der Waals surface area contributed by atoms with Crippen molar-refractivity contribution in [3.63, 3.8) is 0 Å². The van der Waals surface area contributed by atoms with E-state index in [2.05, 4.69) is 11.9 Å². The Kier molecular flexibility index (Phi) is 6.64. The van der Waals surface area contributed by atoms with Crippen molar-refractivity contribution in [2.24, 2.45) is 0 Å². The zero-order chi connectivity index (χ0) is 21.0. The predicted octanol–water partition coefficient (Wildman–Crippen LogP) is 5.23. The van der Waals surface area contributed by atoms with Gasteiger partial charge in [-0.3, -0.25) is 4.79 Å². The van der Waals surface area contributed by atoms with Gasteiger partial charge in [0.25, 0.3) is 0 Å². The Morgan fingerprint density at radius 3 is 2.59 bits per heavy atom. The first kappa shape index (κ1) is 21.4. The first-order valence-electron chi connectivity index (χ1n) is 9.52. The van der Waals surface area contributed by atoms with Crippen LogP contribution in [0.5, 0.6) is 0 Å². The molecule has 1 heterocycles. The fourth-order valence-corrected chi connectivity index (χ4v) is 5.05. The van der Waals surface area contributed by atoms with Crippen LogP contribution in [0, 0.1) is 9.77 Å². The summed E-state index contributed by atoms with van der Waals surface area (Å²) in [6.07, 6.45) is 4.77. The molecule has 1 aromatic heterocycles. The maximum Gasteiger partial charge on any atom is 0.352 e. The Hall–Kier alpha value is -2.32. The molecule has 0 bridgehead atoms. The molecule has 1 aromatic carbocycles. The topological polar surface area (TPSA) is 60.3 Å². The van der Waals surface area contributed by atoms with Crippen LogP contribution >= 0.6 is 23.6 Å². The number of halogens is 1. The van der Waals surface area contributed by atoms with Gasteiger partial charge in [-0.15, -0.1) is 6.58 Å². The summed E-state index contributed by atoms with van der Waals surface area (Å²) in [6, 6.07) is 6.07. The van der Waals surface area contributed by atoms with E-state index in [1.54, 1.807) is 29.7 Å². The maximum atomic E-state index is 13.5. The monoisotopic (exact) mass is 434 g/mol. The first-order chi connectivity index (χ1) is 13.9. The lowest BCUT2D eigenvalue weighted by Gasteiger charge is -2.28. The van der Waals surface area contributed by atoms with Crippen molar-refractivity contribution in [3.8, 4) is 0 Å². The summed E-state index contributed by atoms with van der Waals surface area (Å²) < 4.78 is 20.7. The number of rotatable bonds is 7. The molecule has 1 amide bonds. The second-order valence-corrected chi connectivity index (χ2v) is 8.56. The molecule has 1 fully saturated rings. The number of thiazole rings is 1. The number of hydrogen-bond donors (Lipinski definition) is 1. The predicted molar refractivity (Wildman–Crippen MR) is 114 cm³/mol. The molecule has 29 heavy (non-hydrogen) atoms. The minimum absolute atomic E-state index is 0.220. The van der Waals surface area contributed by atoms with Crippen LogP contribution in [-0.2, 0) is 21.5 Å². The van der Waals surface area contributed by atoms with Crippen LogP contribution in [0.25, 0.3) is 0 Å². The van der Waals surface area contributed by atoms with Gasteiger partial charge in [0.15, 0.2) is 8.83 Å². The molecule has 0 radical (unpaired) electrons. The fraction of sp³-hybridized carbons (Fsp3) is 0.381. The Bertz CT molecular complexity index is 973. The number of hydrogen-bond acceptors (Lipinski definition) is 5. The van der Waals surface area contributed by atoms with Gasteiger partial charge in [0.1, 0.15) is 11.6 Å². The van der Waals surface area contributed by atoms with Crippen molar-refractivity contribution >= 4 is 41.2 Å². The van der Waals surface area contributed by atoms with Gasteiger partial charge in [0, 0.05) is 6.54 Å². The van der Waals surface area contributed by atoms with Crippen LogP contribution in [0.4, 0.5) is 10.2 Å². The second kappa shape index (κ2) is 9.00. The zero-order valence-corrected chi connectivity index (χ0v) is 17.8. The molecule has 5 nitrogen and oxygen atoms in total. The van der Waals surface area contributed by atoms with Crippen LogP contribution in [-0.4, -0.2) is 23.1 Å². The summed E-state index contributed by atoms with van der Waals surface area (Å²) in [7, 11) is 0. The molecule has 154 valence electrons. The third-order valence-corrected chi connectivity index (χ3v) is 6.62. The van der Waals surface area contributed by atoms with E-state index in [4.69, 9.17) is 17.0 Å². The molecule has 0 saturated heterocycles. The van der Waals surface area contributed by atoms with E-state index in [0.717, 1.165) is 29.7 Å². The van der Waals surface area contributed by atoms with E-state index >= 15 is 0 Å². The van der Waals surface area contributed by atoms with Gasteiger partial charge in [-0.05, 0) is 49.7 Å². The molecule has 1 N–H and O–H groups in total. The number of allylic oxidation sites excluding steroid dienone is 1. The van der Waals surface area contributed by atoms with Gasteiger partial charge in [0.2, 0.25) is 5.91 Å². The molecule has 0 unspecified atom stereocenters. The number of ether oxygens (including phenoxy) is 1. The number of carbonyl (C=O) groups is 2. The van der Waals surface area contributed by atoms with Crippen LogP contribution in [0.15, 0.2) is 36.9 Å². The highest BCUT2D eigenvalue weighted by Crippen LogP contribution is 2.42. The number of carbonyl (C=O) groups excluding carboxylic acids is 2. The number of nitrogens with one attached hydrogen (secondary N) is 1. The summed E-state index contributed by atoms with van der Waals surface area (Å²) in [6.45, 7) is 6.02. The molecule has 1 aliphatic rings. The summed E-state index contributed by atoms with van der Waals surface area (Å²) in [5.41, 5.74) is 0.00512. The summed E-state index contributed by atoms with van der Waals surface area (Å²) in [5.74, 6) is -0.761. The SMILES string of the molecule is C=CCn1c(NC(=O)C2(c3ccc(F)cc3)CCCC2)c(C(=O)OCC)sc1=S. The van der Waals surface area contributed by atoms with Crippen LogP contribution in [0.3, 0.4) is 0 Å². The third-order valence-electron chi connectivity index (χ3n) is 5.19. The quantitative estimate of drug-likeness (QED) is 0.368. The highest BCUT2D eigenvalue weighted by molar-refractivity contribution is 7.73. The van der Waals surface area contributed by atoms with Crippen LogP contribution in [0.2, 0.25) is 0 Å². The van der Waals surface area contributed by atoms with Crippen molar-refractivity contribution in [2.45, 2.75) is 44.6 Å². The number of aromatic nitrogens is 1. The van der Waals surface area contributed by atoms with E-state index in [0.29, 0.717) is 29.2 Å². The van der Waals surface area contributed by atoms with Crippen molar-refractivity contribution in [2.75, 3.05) is 11.9 Å². The van der Waals surface area contributed by atoms with Crippen LogP contribution in [0.1, 0.15) is 47.8 Å². The van der Waals surface area contributed by atoms with Crippen molar-refractivity contribution in [1.82, 2.24) is 4.57 Å². The first-order valence-corrected chi connectivity index (χ1v) is 10.7. The van der Waals surface area contributed by atoms with Gasteiger partial charge < -0.3 is 14.6 Å². The molecule has 0 aliphatic heterocycles. The highest BCUT2D eigenvalue weighted by Gasteiger charge is 2.43. The van der Waals surface area contributed by atoms with E-state index in [1.807, 2.05) is 0 Å². The summed E-state index contributed by atoms with van der Waals surface area (Å²) in [4.78, 5) is 26.2. The van der Waals surface area contributed by atoms with Gasteiger partial charge in [-0.25, -0.2) is 9.18 Å². The lowest BCUT2D eigenvalue weighted by atomic mass is 9.78. The summed E-state index contributed by atoms with van der Waals surface area (Å²) >= 11 is 6.49. The Balaban J connectivity index is 2.02. The molecule has 0 atom stereocenters. The number of nitrogens with zero attached hydrogens (tertiary/aromatic N) is 1. The lowest BCUT2D eigenvalue weighted by molar-refractivity contribution is -0.121. The molecule has 2 aromatic rings. The third kappa shape index (κ3) is 4.18. The minimum atomic E-state index is -0.769. The average Bonchev–Trinajstić information content (AvgIpc) is 3.30. The van der Waals surface area contributed by atoms with Crippen molar-refractivity contribution in [3.05, 3.63) is 57.1 Å². The number of esters is 1. The highest BCUT2D eigenvalue weighted by atomic mass is 32.1. The normalized spacial score (nSPS) is 15.1. The minimum Gasteiger partial charge on any atom is -0.462 e. The van der Waals surface area contributed by atoms with Crippen molar-refractivity contribution < 1.29 is 18.7 Å². The molecule has 3 rings (SSSR count). The Morgan fingerprint density at radius 1 is 1.34 bits per heavy atom. The van der Waals surface area contributed by atoms with Gasteiger partial charge in [0.05, 0.1) is 12.0 Å². The number of anilines is 1. The molecule has 1 saturated carbocycles. The average molecular weight is 435 g/mol. The summed E-state index contributed by atoms with van der Waals surface area (Å²) in [5, 5.41) is 2.95. The smallest absolute Gasteiger partial charge is 0.352 e. The van der Waals surface area contributed by atoms with E-state index in [9.17, 15) is 14.0 Å². The molecular formula is C21H23FN2O3S2. The van der Waals surface area contributed by atoms with Gasteiger partial charge in [-0.2, -0.15) is 0 Å². The van der Waals surface area contributed by atoms with E-state index < -0.39 is 11.4 Å². The molecule has 8 heteroatoms. The number of amides is 1. The fourth-order valence-electron chi connectivity index (χ4n) is 3.78. The van der Waals surface area contributed by atoms with E-state index in [1.165, 1.54) is 12.1 Å². The largest absolute Gasteiger partial charge is 0.462 e. The molecular weight excluding hydrogens is 411 g/mol. The second-order valence-electron chi connectivity index (χ2n) is 6.92. The number of benzene rings is 1. The zero-order valence-electron chi connectivity index (χ0n) is 16.2. The van der Waals surface area contributed by atoms with Crippen molar-refractivity contribution in [1.29, 1.82) is 0 Å². The Morgan fingerprint density at radius 2 is 2.00 bits per heavy atom. The Labute approximate surface area is 178 Å². The van der Waals surface area contributed by atoms with Crippen LogP contribution < -0.4 is 5.32 Å². The lowest BCUT2D eigenvalue weighted by Crippen LogP contribution is -2.38.